The smallest absolute Gasteiger partial charge is 0.264 e. The van der Waals surface area contributed by atoms with Gasteiger partial charge in [0.2, 0.25) is 5.91 Å². The van der Waals surface area contributed by atoms with Crippen LogP contribution in [-0.4, -0.2) is 60.0 Å². The summed E-state index contributed by atoms with van der Waals surface area (Å²) < 4.78 is 5.78. The maximum atomic E-state index is 12.6. The summed E-state index contributed by atoms with van der Waals surface area (Å²) >= 11 is 1.48. The Bertz CT molecular complexity index is 557. The molecule has 1 aromatic rings. The summed E-state index contributed by atoms with van der Waals surface area (Å²) in [7, 11) is 0. The second kappa shape index (κ2) is 5.77. The zero-order valence-corrected chi connectivity index (χ0v) is 13.2. The number of likely N-dealkylation sites (tertiary alicyclic amines) is 1. The number of rotatable bonds is 1. The Labute approximate surface area is 128 Å². The largest absolute Gasteiger partial charge is 0.374 e. The fourth-order valence-corrected chi connectivity index (χ4v) is 4.08. The van der Waals surface area contributed by atoms with E-state index in [0.29, 0.717) is 26.2 Å². The average Bonchev–Trinajstić information content (AvgIpc) is 2.91. The number of nitrogens with zero attached hydrogens (tertiary/aromatic N) is 2. The lowest BCUT2D eigenvalue weighted by atomic mass is 9.98. The zero-order chi connectivity index (χ0) is 15.0. The van der Waals surface area contributed by atoms with Crippen molar-refractivity contribution in [3.63, 3.8) is 0 Å². The molecule has 21 heavy (non-hydrogen) atoms. The van der Waals surface area contributed by atoms with Crippen molar-refractivity contribution in [1.29, 1.82) is 0 Å². The molecular formula is C15H20N2O3S. The van der Waals surface area contributed by atoms with Crippen LogP contribution >= 0.6 is 11.3 Å². The number of carbonyl (C=O) groups is 2. The molecule has 0 radical (unpaired) electrons. The number of amides is 2. The first kappa shape index (κ1) is 14.5. The Morgan fingerprint density at radius 1 is 1.38 bits per heavy atom. The molecule has 3 heterocycles. The van der Waals surface area contributed by atoms with E-state index >= 15 is 0 Å². The molecule has 2 fully saturated rings. The molecule has 5 nitrogen and oxygen atoms in total. The fourth-order valence-electron chi connectivity index (χ4n) is 3.18. The summed E-state index contributed by atoms with van der Waals surface area (Å²) in [6.07, 6.45) is 0.862. The van der Waals surface area contributed by atoms with Crippen molar-refractivity contribution < 1.29 is 14.3 Å². The Kier molecular flexibility index (Phi) is 3.99. The van der Waals surface area contributed by atoms with Crippen LogP contribution in [0.1, 0.15) is 28.6 Å². The quantitative estimate of drug-likeness (QED) is 0.790. The lowest BCUT2D eigenvalue weighted by Crippen LogP contribution is -2.61. The number of hydrogen-bond acceptors (Lipinski definition) is 4. The first-order valence-electron chi connectivity index (χ1n) is 7.30. The van der Waals surface area contributed by atoms with Crippen molar-refractivity contribution in [2.24, 2.45) is 0 Å². The third-order valence-corrected chi connectivity index (χ3v) is 5.34. The second-order valence-electron chi connectivity index (χ2n) is 5.66. The van der Waals surface area contributed by atoms with E-state index in [9.17, 15) is 9.59 Å². The van der Waals surface area contributed by atoms with Crippen LogP contribution in [0.4, 0.5) is 0 Å². The zero-order valence-electron chi connectivity index (χ0n) is 12.4. The molecule has 0 saturated carbocycles. The molecule has 2 amide bonds. The molecule has 2 atom stereocenters. The van der Waals surface area contributed by atoms with Gasteiger partial charge in [0.05, 0.1) is 23.6 Å². The molecule has 114 valence electrons. The Morgan fingerprint density at radius 3 is 2.86 bits per heavy atom. The molecule has 0 unspecified atom stereocenters. The maximum absolute atomic E-state index is 12.6. The van der Waals surface area contributed by atoms with E-state index in [1.807, 2.05) is 28.2 Å². The summed E-state index contributed by atoms with van der Waals surface area (Å²) in [5, 5.41) is 1.95. The number of carbonyl (C=O) groups excluding carboxylic acids is 2. The lowest BCUT2D eigenvalue weighted by Gasteiger charge is -2.46. The number of piperidine rings is 1. The average molecular weight is 308 g/mol. The van der Waals surface area contributed by atoms with Crippen LogP contribution in [0.15, 0.2) is 11.4 Å². The van der Waals surface area contributed by atoms with E-state index in [0.717, 1.165) is 16.9 Å². The molecule has 1 aromatic heterocycles. The van der Waals surface area contributed by atoms with Gasteiger partial charge >= 0.3 is 0 Å². The number of ether oxygens (including phenoxy) is 1. The number of thiophene rings is 1. The first-order chi connectivity index (χ1) is 10.1. The van der Waals surface area contributed by atoms with Gasteiger partial charge in [0.25, 0.3) is 5.91 Å². The summed E-state index contributed by atoms with van der Waals surface area (Å²) in [6, 6.07) is 1.96. The van der Waals surface area contributed by atoms with Gasteiger partial charge in [0, 0.05) is 26.6 Å². The predicted molar refractivity (Wildman–Crippen MR) is 80.5 cm³/mol. The van der Waals surface area contributed by atoms with Gasteiger partial charge in [-0.3, -0.25) is 9.59 Å². The van der Waals surface area contributed by atoms with Crippen LogP contribution in [0.5, 0.6) is 0 Å². The molecule has 3 rings (SSSR count). The minimum absolute atomic E-state index is 0.00535. The van der Waals surface area contributed by atoms with Gasteiger partial charge < -0.3 is 14.5 Å². The van der Waals surface area contributed by atoms with Gasteiger partial charge in [-0.15, -0.1) is 11.3 Å². The van der Waals surface area contributed by atoms with Crippen LogP contribution in [0.2, 0.25) is 0 Å². The van der Waals surface area contributed by atoms with Crippen molar-refractivity contribution in [2.75, 3.05) is 26.2 Å². The molecule has 6 heteroatoms. The summed E-state index contributed by atoms with van der Waals surface area (Å²) in [5.41, 5.74) is 1.02. The van der Waals surface area contributed by atoms with Crippen LogP contribution in [-0.2, 0) is 9.53 Å². The minimum atomic E-state index is -0.00535. The van der Waals surface area contributed by atoms with Gasteiger partial charge in [0.15, 0.2) is 0 Å². The van der Waals surface area contributed by atoms with Crippen molar-refractivity contribution in [3.8, 4) is 0 Å². The topological polar surface area (TPSA) is 49.9 Å². The van der Waals surface area contributed by atoms with Crippen molar-refractivity contribution >= 4 is 23.2 Å². The molecule has 2 saturated heterocycles. The van der Waals surface area contributed by atoms with E-state index in [4.69, 9.17) is 4.74 Å². The Hall–Kier alpha value is -1.40. The van der Waals surface area contributed by atoms with E-state index in [1.165, 1.54) is 11.3 Å². The van der Waals surface area contributed by atoms with Gasteiger partial charge in [-0.25, -0.2) is 0 Å². The molecule has 2 aliphatic rings. The predicted octanol–water partition coefficient (Wildman–Crippen LogP) is 1.52. The van der Waals surface area contributed by atoms with Gasteiger partial charge in [-0.2, -0.15) is 0 Å². The highest BCUT2D eigenvalue weighted by atomic mass is 32.1. The normalized spacial score (nSPS) is 25.6. The summed E-state index contributed by atoms with van der Waals surface area (Å²) in [6.45, 7) is 6.04. The molecule has 0 bridgehead atoms. The molecule has 0 N–H and O–H groups in total. The fraction of sp³-hybridized carbons (Fsp3) is 0.600. The standard InChI is InChI=1S/C15H20N2O3S/c1-10-4-8-21-14(10)15(19)16-5-3-13-12(9-16)17(11(2)18)6-7-20-13/h4,8,12-13H,3,5-7,9H2,1-2H3/t12-,13-/m0/s1. The van der Waals surface area contributed by atoms with Crippen LogP contribution in [0, 0.1) is 6.92 Å². The minimum Gasteiger partial charge on any atom is -0.374 e. The van der Waals surface area contributed by atoms with Crippen LogP contribution < -0.4 is 0 Å². The molecular weight excluding hydrogens is 288 g/mol. The SMILES string of the molecule is CC(=O)N1CCO[C@H]2CCN(C(=O)c3sccc3C)C[C@@H]21. The number of fused-ring (bicyclic) bond motifs is 1. The Balaban J connectivity index is 1.76. The molecule has 0 spiro atoms. The number of morpholine rings is 1. The van der Waals surface area contributed by atoms with E-state index in [-0.39, 0.29) is 24.0 Å². The monoisotopic (exact) mass is 308 g/mol. The molecule has 0 aromatic carbocycles. The van der Waals surface area contributed by atoms with E-state index < -0.39 is 0 Å². The van der Waals surface area contributed by atoms with Gasteiger partial charge in [0.1, 0.15) is 0 Å². The third-order valence-electron chi connectivity index (χ3n) is 4.33. The first-order valence-corrected chi connectivity index (χ1v) is 8.18. The third kappa shape index (κ3) is 2.70. The van der Waals surface area contributed by atoms with Crippen LogP contribution in [0.25, 0.3) is 0 Å². The van der Waals surface area contributed by atoms with Gasteiger partial charge in [-0.1, -0.05) is 0 Å². The summed E-state index contributed by atoms with van der Waals surface area (Å²) in [4.78, 5) is 28.9. The van der Waals surface area contributed by atoms with Crippen LogP contribution in [0.3, 0.4) is 0 Å². The highest BCUT2D eigenvalue weighted by Crippen LogP contribution is 2.26. The summed E-state index contributed by atoms with van der Waals surface area (Å²) in [5.74, 6) is 0.143. The van der Waals surface area contributed by atoms with Crippen molar-refractivity contribution in [2.45, 2.75) is 32.4 Å². The number of hydrogen-bond donors (Lipinski definition) is 0. The highest BCUT2D eigenvalue weighted by Gasteiger charge is 2.39. The Morgan fingerprint density at radius 2 is 2.19 bits per heavy atom. The highest BCUT2D eigenvalue weighted by molar-refractivity contribution is 7.12. The maximum Gasteiger partial charge on any atom is 0.264 e. The molecule has 2 aliphatic heterocycles. The molecule has 0 aliphatic carbocycles. The second-order valence-corrected chi connectivity index (χ2v) is 6.58. The van der Waals surface area contributed by atoms with Gasteiger partial charge in [-0.05, 0) is 30.4 Å². The van der Waals surface area contributed by atoms with Crippen molar-refractivity contribution in [3.05, 3.63) is 21.9 Å². The lowest BCUT2D eigenvalue weighted by molar-refractivity contribution is -0.149. The van der Waals surface area contributed by atoms with E-state index in [1.54, 1.807) is 6.92 Å². The van der Waals surface area contributed by atoms with Crippen molar-refractivity contribution in [1.82, 2.24) is 9.80 Å². The number of aryl methyl sites for hydroxylation is 1. The van der Waals surface area contributed by atoms with E-state index in [2.05, 4.69) is 0 Å².